The van der Waals surface area contributed by atoms with E-state index in [-0.39, 0.29) is 17.3 Å². The molecule has 1 amide bonds. The van der Waals surface area contributed by atoms with Crippen LogP contribution in [-0.4, -0.2) is 34.7 Å². The quantitative estimate of drug-likeness (QED) is 0.305. The van der Waals surface area contributed by atoms with E-state index in [1.54, 1.807) is 19.1 Å². The minimum atomic E-state index is -0.438. The molecule has 0 saturated heterocycles. The van der Waals surface area contributed by atoms with Crippen molar-refractivity contribution < 1.29 is 9.18 Å². The van der Waals surface area contributed by atoms with Crippen LogP contribution in [0.1, 0.15) is 21.7 Å². The number of halogens is 1. The summed E-state index contributed by atoms with van der Waals surface area (Å²) in [5.74, 6) is -0.796. The SMILES string of the molecule is Cc1cc(C(=O)Nc2ccc(-c3ccccc3CN(C)C)cc2)n(-c2cc3ccccc3cc2F)n1. The Morgan fingerprint density at radius 1 is 0.917 bits per heavy atom. The molecule has 0 bridgehead atoms. The second-order valence-electron chi connectivity index (χ2n) is 9.16. The number of amides is 1. The average Bonchev–Trinajstić information content (AvgIpc) is 3.25. The fraction of sp³-hybridized carbons (Fsp3) is 0.133. The summed E-state index contributed by atoms with van der Waals surface area (Å²) in [5, 5.41) is 9.01. The summed E-state index contributed by atoms with van der Waals surface area (Å²) in [4.78, 5) is 15.4. The van der Waals surface area contributed by atoms with Gasteiger partial charge >= 0.3 is 0 Å². The zero-order valence-corrected chi connectivity index (χ0v) is 20.5. The van der Waals surface area contributed by atoms with Crippen LogP contribution in [-0.2, 0) is 6.54 Å². The van der Waals surface area contributed by atoms with Crippen molar-refractivity contribution in [2.45, 2.75) is 13.5 Å². The fourth-order valence-corrected chi connectivity index (χ4v) is 4.42. The number of hydrogen-bond donors (Lipinski definition) is 1. The number of carbonyl (C=O) groups is 1. The molecule has 0 atom stereocenters. The summed E-state index contributed by atoms with van der Waals surface area (Å²) in [6.07, 6.45) is 0. The first-order valence-electron chi connectivity index (χ1n) is 11.8. The zero-order valence-electron chi connectivity index (χ0n) is 20.5. The molecule has 0 radical (unpaired) electrons. The van der Waals surface area contributed by atoms with Crippen LogP contribution in [0.3, 0.4) is 0 Å². The lowest BCUT2D eigenvalue weighted by Gasteiger charge is -2.15. The minimum absolute atomic E-state index is 0.236. The molecule has 5 nitrogen and oxygen atoms in total. The molecule has 6 heteroatoms. The lowest BCUT2D eigenvalue weighted by atomic mass is 9.99. The van der Waals surface area contributed by atoms with Gasteiger partial charge in [0, 0.05) is 12.2 Å². The summed E-state index contributed by atoms with van der Waals surface area (Å²) < 4.78 is 16.4. The predicted octanol–water partition coefficient (Wildman–Crippen LogP) is 6.45. The lowest BCUT2D eigenvalue weighted by molar-refractivity contribution is 0.101. The molecule has 4 aromatic carbocycles. The van der Waals surface area contributed by atoms with E-state index in [1.165, 1.54) is 16.3 Å². The van der Waals surface area contributed by atoms with Crippen LogP contribution in [0.4, 0.5) is 10.1 Å². The predicted molar refractivity (Wildman–Crippen MR) is 143 cm³/mol. The zero-order chi connectivity index (χ0) is 25.2. The fourth-order valence-electron chi connectivity index (χ4n) is 4.42. The molecule has 5 rings (SSSR count). The van der Waals surface area contributed by atoms with Gasteiger partial charge in [0.2, 0.25) is 0 Å². The standard InChI is InChI=1S/C30H27FN4O/c1-20-16-29(35(33-20)28-18-23-9-5-4-8-22(23)17-27(28)31)30(36)32-25-14-12-21(13-15-25)26-11-7-6-10-24(26)19-34(2)3/h4-18H,19H2,1-3H3,(H,32,36). The molecule has 0 unspecified atom stereocenters. The van der Waals surface area contributed by atoms with Crippen LogP contribution in [0.25, 0.3) is 27.6 Å². The number of nitrogens with one attached hydrogen (secondary N) is 1. The highest BCUT2D eigenvalue weighted by Crippen LogP contribution is 2.27. The van der Waals surface area contributed by atoms with Crippen molar-refractivity contribution in [2.75, 3.05) is 19.4 Å². The number of nitrogens with zero attached hydrogens (tertiary/aromatic N) is 3. The number of benzene rings is 4. The maximum atomic E-state index is 15.0. The number of hydrogen-bond acceptors (Lipinski definition) is 3. The van der Waals surface area contributed by atoms with Crippen LogP contribution in [0, 0.1) is 12.7 Å². The van der Waals surface area contributed by atoms with Crippen molar-refractivity contribution in [3.8, 4) is 16.8 Å². The molecule has 0 aliphatic rings. The molecule has 5 aromatic rings. The van der Waals surface area contributed by atoms with Gasteiger partial charge in [-0.3, -0.25) is 4.79 Å². The molecule has 36 heavy (non-hydrogen) atoms. The normalized spacial score (nSPS) is 11.2. The van der Waals surface area contributed by atoms with Crippen molar-refractivity contribution in [3.05, 3.63) is 114 Å². The Kier molecular flexibility index (Phi) is 6.36. The number of aromatic nitrogens is 2. The van der Waals surface area contributed by atoms with Crippen molar-refractivity contribution >= 4 is 22.4 Å². The number of aryl methyl sites for hydroxylation is 1. The number of carbonyl (C=O) groups excluding carboxylic acids is 1. The van der Waals surface area contributed by atoms with Crippen LogP contribution in [0.5, 0.6) is 0 Å². The highest BCUT2D eigenvalue weighted by molar-refractivity contribution is 6.03. The van der Waals surface area contributed by atoms with Gasteiger partial charge in [0.15, 0.2) is 0 Å². The minimum Gasteiger partial charge on any atom is -0.321 e. The summed E-state index contributed by atoms with van der Waals surface area (Å²) in [6, 6.07) is 28.4. The topological polar surface area (TPSA) is 50.2 Å². The van der Waals surface area contributed by atoms with Crippen molar-refractivity contribution in [3.63, 3.8) is 0 Å². The van der Waals surface area contributed by atoms with Crippen LogP contribution >= 0.6 is 0 Å². The van der Waals surface area contributed by atoms with Crippen molar-refractivity contribution in [1.29, 1.82) is 0 Å². The Morgan fingerprint density at radius 2 is 1.58 bits per heavy atom. The number of fused-ring (bicyclic) bond motifs is 1. The average molecular weight is 479 g/mol. The third-order valence-corrected chi connectivity index (χ3v) is 6.07. The molecule has 1 heterocycles. The number of anilines is 1. The van der Waals surface area contributed by atoms with E-state index < -0.39 is 5.82 Å². The molecule has 0 saturated carbocycles. The second-order valence-corrected chi connectivity index (χ2v) is 9.16. The van der Waals surface area contributed by atoms with E-state index in [2.05, 4.69) is 27.4 Å². The van der Waals surface area contributed by atoms with Gasteiger partial charge in [-0.25, -0.2) is 9.07 Å². The van der Waals surface area contributed by atoms with Gasteiger partial charge in [-0.2, -0.15) is 5.10 Å². The highest BCUT2D eigenvalue weighted by atomic mass is 19.1. The second kappa shape index (κ2) is 9.76. The Bertz CT molecular complexity index is 1550. The maximum absolute atomic E-state index is 15.0. The molecular formula is C30H27FN4O. The first-order valence-corrected chi connectivity index (χ1v) is 11.8. The first-order chi connectivity index (χ1) is 17.4. The highest BCUT2D eigenvalue weighted by Gasteiger charge is 2.19. The third-order valence-electron chi connectivity index (χ3n) is 6.07. The molecule has 1 aromatic heterocycles. The van der Waals surface area contributed by atoms with Crippen LogP contribution in [0.2, 0.25) is 0 Å². The largest absolute Gasteiger partial charge is 0.321 e. The van der Waals surface area contributed by atoms with Crippen LogP contribution in [0.15, 0.2) is 91.0 Å². The van der Waals surface area contributed by atoms with Gasteiger partial charge in [-0.05, 0) is 78.8 Å². The van der Waals surface area contributed by atoms with Gasteiger partial charge in [-0.1, -0.05) is 60.7 Å². The smallest absolute Gasteiger partial charge is 0.274 e. The van der Waals surface area contributed by atoms with E-state index >= 15 is 4.39 Å². The molecule has 180 valence electrons. The summed E-state index contributed by atoms with van der Waals surface area (Å²) >= 11 is 0. The Hall–Kier alpha value is -4.29. The van der Waals surface area contributed by atoms with Gasteiger partial charge < -0.3 is 10.2 Å². The molecule has 0 fully saturated rings. The van der Waals surface area contributed by atoms with E-state index in [9.17, 15) is 4.79 Å². The van der Waals surface area contributed by atoms with E-state index in [0.717, 1.165) is 28.4 Å². The summed E-state index contributed by atoms with van der Waals surface area (Å²) in [7, 11) is 4.09. The molecule has 0 aliphatic heterocycles. The van der Waals surface area contributed by atoms with E-state index in [4.69, 9.17) is 0 Å². The van der Waals surface area contributed by atoms with Gasteiger partial charge in [-0.15, -0.1) is 0 Å². The summed E-state index contributed by atoms with van der Waals surface area (Å²) in [6.45, 7) is 2.62. The molecular weight excluding hydrogens is 451 g/mol. The van der Waals surface area contributed by atoms with Gasteiger partial charge in [0.1, 0.15) is 17.2 Å². The molecule has 1 N–H and O–H groups in total. The molecule has 0 aliphatic carbocycles. The number of rotatable bonds is 6. The Labute approximate surface area is 209 Å². The summed E-state index contributed by atoms with van der Waals surface area (Å²) in [5.41, 5.74) is 5.24. The lowest BCUT2D eigenvalue weighted by Crippen LogP contribution is -2.17. The van der Waals surface area contributed by atoms with Gasteiger partial charge in [0.25, 0.3) is 5.91 Å². The third kappa shape index (κ3) is 4.76. The van der Waals surface area contributed by atoms with Crippen molar-refractivity contribution in [2.24, 2.45) is 0 Å². The first kappa shape index (κ1) is 23.5. The maximum Gasteiger partial charge on any atom is 0.274 e. The van der Waals surface area contributed by atoms with E-state index in [0.29, 0.717) is 11.4 Å². The van der Waals surface area contributed by atoms with Crippen molar-refractivity contribution in [1.82, 2.24) is 14.7 Å². The Balaban J connectivity index is 1.42. The molecule has 0 spiro atoms. The van der Waals surface area contributed by atoms with Crippen LogP contribution < -0.4 is 5.32 Å². The van der Waals surface area contributed by atoms with E-state index in [1.807, 2.05) is 74.8 Å². The Morgan fingerprint density at radius 3 is 2.31 bits per heavy atom. The van der Waals surface area contributed by atoms with Gasteiger partial charge in [0.05, 0.1) is 5.69 Å². The monoisotopic (exact) mass is 478 g/mol.